The predicted molar refractivity (Wildman–Crippen MR) is 43.4 cm³/mol. The Kier molecular flexibility index (Phi) is 3.21. The number of aliphatic hydroxyl groups is 1. The van der Waals surface area contributed by atoms with Crippen LogP contribution < -0.4 is 0 Å². The lowest BCUT2D eigenvalue weighted by Gasteiger charge is -2.03. The summed E-state index contributed by atoms with van der Waals surface area (Å²) >= 11 is 2.72. The van der Waals surface area contributed by atoms with E-state index >= 15 is 0 Å². The summed E-state index contributed by atoms with van der Waals surface area (Å²) in [5.74, 6) is -0.0294. The van der Waals surface area contributed by atoms with Gasteiger partial charge in [0, 0.05) is 5.75 Å². The number of ether oxygens (including phenoxy) is 1. The highest BCUT2D eigenvalue weighted by molar-refractivity contribution is 14.1. The first-order chi connectivity index (χ1) is 4.74. The zero-order valence-electron chi connectivity index (χ0n) is 4.82. The van der Waals surface area contributed by atoms with Crippen molar-refractivity contribution in [1.82, 2.24) is 0 Å². The number of hydrogen-bond donors (Lipinski definition) is 1. The van der Waals surface area contributed by atoms with Gasteiger partial charge in [-0.2, -0.15) is 0 Å². The maximum Gasteiger partial charge on any atom is 0.355 e. The maximum atomic E-state index is 10.7. The molecule has 0 radical (unpaired) electrons. The number of rotatable bonds is 1. The van der Waals surface area contributed by atoms with Crippen molar-refractivity contribution in [3.63, 3.8) is 0 Å². The summed E-state index contributed by atoms with van der Waals surface area (Å²) in [6.45, 7) is 0. The largest absolute Gasteiger partial charge is 0.392 e. The summed E-state index contributed by atoms with van der Waals surface area (Å²) in [4.78, 5) is 10.7. The van der Waals surface area contributed by atoms with E-state index in [1.807, 2.05) is 0 Å². The second-order valence-corrected chi connectivity index (χ2v) is 3.19. The molecule has 1 N–H and O–H groups in total. The summed E-state index contributed by atoms with van der Waals surface area (Å²) in [6.07, 6.45) is -0.828. The molecule has 1 heterocycles. The van der Waals surface area contributed by atoms with Gasteiger partial charge in [0.25, 0.3) is 0 Å². The van der Waals surface area contributed by atoms with E-state index in [1.54, 1.807) is 0 Å². The quantitative estimate of drug-likeness (QED) is 0.697. The zero-order chi connectivity index (χ0) is 7.56. The van der Waals surface area contributed by atoms with Crippen molar-refractivity contribution in [1.29, 1.82) is 0 Å². The van der Waals surface area contributed by atoms with Crippen molar-refractivity contribution >= 4 is 40.7 Å². The molecule has 0 saturated carbocycles. The van der Waals surface area contributed by atoms with Crippen LogP contribution in [0.2, 0.25) is 0 Å². The lowest BCUT2D eigenvalue weighted by atomic mass is 10.7. The van der Waals surface area contributed by atoms with Gasteiger partial charge < -0.3 is 12.9 Å². The summed E-state index contributed by atoms with van der Waals surface area (Å²) in [6, 6.07) is 0. The number of halogens is 1. The van der Waals surface area contributed by atoms with Crippen molar-refractivity contribution in [3.05, 3.63) is 0 Å². The van der Waals surface area contributed by atoms with Gasteiger partial charge in [-0.15, -0.1) is 11.8 Å². The van der Waals surface area contributed by atoms with Gasteiger partial charge in [0.1, 0.15) is 0 Å². The first-order valence-electron chi connectivity index (χ1n) is 2.51. The average Bonchev–Trinajstić information content (AvgIpc) is 2.34. The molecule has 1 rings (SSSR count). The topological polar surface area (TPSA) is 55.8 Å². The van der Waals surface area contributed by atoms with Crippen molar-refractivity contribution in [2.45, 2.75) is 11.7 Å². The summed E-state index contributed by atoms with van der Waals surface area (Å²) in [5, 5.41) is 8.79. The minimum Gasteiger partial charge on any atom is -0.392 e. The molecule has 0 aromatic carbocycles. The van der Waals surface area contributed by atoms with E-state index in [4.69, 9.17) is 9.84 Å². The number of thioether (sulfide) groups is 1. The van der Waals surface area contributed by atoms with E-state index in [0.29, 0.717) is 5.75 Å². The Labute approximate surface area is 75.9 Å². The summed E-state index contributed by atoms with van der Waals surface area (Å²) in [5.41, 5.74) is -0.646. The summed E-state index contributed by atoms with van der Waals surface area (Å²) in [7, 11) is 0. The fourth-order valence-electron chi connectivity index (χ4n) is 0.551. The monoisotopic (exact) mass is 276 g/mol. The van der Waals surface area contributed by atoms with E-state index in [-0.39, 0.29) is 0 Å². The Morgan fingerprint density at radius 3 is 3.00 bits per heavy atom. The van der Waals surface area contributed by atoms with E-state index in [1.165, 1.54) is 34.8 Å². The Morgan fingerprint density at radius 2 is 2.60 bits per heavy atom. The van der Waals surface area contributed by atoms with Crippen molar-refractivity contribution in [2.75, 3.05) is 5.75 Å². The average molecular weight is 276 g/mol. The van der Waals surface area contributed by atoms with Crippen LogP contribution in [0.3, 0.4) is 0 Å². The molecule has 1 aliphatic rings. The van der Waals surface area contributed by atoms with Crippen LogP contribution in [0.5, 0.6) is 0 Å². The molecule has 1 fully saturated rings. The highest BCUT2D eigenvalue weighted by Crippen LogP contribution is 2.25. The van der Waals surface area contributed by atoms with Gasteiger partial charge >= 0.3 is 5.97 Å². The van der Waals surface area contributed by atoms with Crippen LogP contribution in [0.1, 0.15) is 0 Å². The fourth-order valence-corrected chi connectivity index (χ4v) is 1.76. The number of aliphatic hydroxyl groups excluding tert-OH is 1. The van der Waals surface area contributed by atoms with Gasteiger partial charge in [0.15, 0.2) is 29.3 Å². The van der Waals surface area contributed by atoms with E-state index < -0.39 is 17.7 Å². The van der Waals surface area contributed by atoms with Crippen molar-refractivity contribution in [3.8, 4) is 0 Å². The van der Waals surface area contributed by atoms with Gasteiger partial charge in [0.2, 0.25) is 5.44 Å². The van der Waals surface area contributed by atoms with Crippen LogP contribution in [0.15, 0.2) is 0 Å². The number of carbonyl (C=O) groups is 1. The highest BCUT2D eigenvalue weighted by atomic mass is 127. The highest BCUT2D eigenvalue weighted by Gasteiger charge is 2.31. The van der Waals surface area contributed by atoms with Crippen LogP contribution >= 0.6 is 34.8 Å². The molecule has 0 spiro atoms. The van der Waals surface area contributed by atoms with Crippen molar-refractivity contribution < 1.29 is 17.7 Å². The fraction of sp³-hybridized carbons (Fsp3) is 0.750. The Balaban J connectivity index is 2.37. The molecule has 0 aliphatic carbocycles. The van der Waals surface area contributed by atoms with Gasteiger partial charge in [0.05, 0.1) is 0 Å². The minimum atomic E-state index is -0.828. The van der Waals surface area contributed by atoms with Gasteiger partial charge in [-0.3, -0.25) is 0 Å². The van der Waals surface area contributed by atoms with Gasteiger partial charge in [-0.1, -0.05) is 0 Å². The van der Waals surface area contributed by atoms with Crippen LogP contribution in [0, 0.1) is 0 Å². The van der Waals surface area contributed by atoms with Crippen LogP contribution in [0.4, 0.5) is 0 Å². The Morgan fingerprint density at radius 1 is 1.90 bits per heavy atom. The van der Waals surface area contributed by atoms with E-state index in [2.05, 4.69) is 3.07 Å². The Bertz CT molecular complexity index is 141. The molecule has 0 unspecified atom stereocenters. The molecule has 0 bridgehead atoms. The van der Waals surface area contributed by atoms with E-state index in [9.17, 15) is 4.79 Å². The SMILES string of the molecule is O=C(OI)[C@@H]1O[C@@H](O)CS1. The Hall–Kier alpha value is 0.470. The van der Waals surface area contributed by atoms with Crippen LogP contribution in [0.25, 0.3) is 0 Å². The molecule has 6 heteroatoms. The van der Waals surface area contributed by atoms with Crippen molar-refractivity contribution in [2.24, 2.45) is 0 Å². The normalized spacial score (nSPS) is 32.2. The zero-order valence-corrected chi connectivity index (χ0v) is 7.79. The second-order valence-electron chi connectivity index (χ2n) is 1.65. The standard InChI is InChI=1S/C4H5IO4S/c5-9-3(7)4-8-2(6)1-10-4/h2,4,6H,1H2/t2-,4-/m1/s1. The maximum absolute atomic E-state index is 10.7. The van der Waals surface area contributed by atoms with Crippen LogP contribution in [-0.4, -0.2) is 28.6 Å². The second kappa shape index (κ2) is 3.74. The lowest BCUT2D eigenvalue weighted by Crippen LogP contribution is -2.19. The predicted octanol–water partition coefficient (Wildman–Crippen LogP) is 0.288. The third-order valence-corrected chi connectivity index (χ3v) is 2.46. The molecule has 4 nitrogen and oxygen atoms in total. The third kappa shape index (κ3) is 1.97. The molecule has 1 aliphatic heterocycles. The first kappa shape index (κ1) is 8.57. The number of hydrogen-bond acceptors (Lipinski definition) is 5. The first-order valence-corrected chi connectivity index (χ1v) is 4.44. The smallest absolute Gasteiger partial charge is 0.355 e. The van der Waals surface area contributed by atoms with Gasteiger partial charge in [-0.25, -0.2) is 4.79 Å². The third-order valence-electron chi connectivity index (χ3n) is 0.939. The summed E-state index contributed by atoms with van der Waals surface area (Å²) < 4.78 is 9.11. The van der Waals surface area contributed by atoms with Crippen LogP contribution in [-0.2, 0) is 12.6 Å². The molecule has 1 saturated heterocycles. The number of carbonyl (C=O) groups excluding carboxylic acids is 1. The molecule has 0 aromatic heterocycles. The van der Waals surface area contributed by atoms with E-state index in [0.717, 1.165) is 0 Å². The molecule has 0 aromatic rings. The molecule has 0 amide bonds. The molecule has 58 valence electrons. The van der Waals surface area contributed by atoms with Gasteiger partial charge in [-0.05, 0) is 0 Å². The molecule has 2 atom stereocenters. The lowest BCUT2D eigenvalue weighted by molar-refractivity contribution is -0.148. The molecule has 10 heavy (non-hydrogen) atoms. The minimum absolute atomic E-state index is 0.427. The molecular weight excluding hydrogens is 271 g/mol. The molecular formula is C4H5IO4S.